The van der Waals surface area contributed by atoms with Gasteiger partial charge in [0.05, 0.1) is 4.92 Å². The minimum atomic E-state index is -0.376. The number of aryl methyl sites for hydroxylation is 2. The van der Waals surface area contributed by atoms with Crippen molar-refractivity contribution in [1.82, 2.24) is 9.97 Å². The fraction of sp³-hybridized carbons (Fsp3) is 0.375. The minimum absolute atomic E-state index is 0.121. The fourth-order valence-electron chi connectivity index (χ4n) is 2.80. The molecule has 0 N–H and O–H groups in total. The van der Waals surface area contributed by atoms with Gasteiger partial charge < -0.3 is 9.80 Å². The van der Waals surface area contributed by atoms with Crippen LogP contribution in [0.4, 0.5) is 17.3 Å². The first kappa shape index (κ1) is 15.2. The van der Waals surface area contributed by atoms with E-state index in [0.29, 0.717) is 0 Å². The number of anilines is 2. The van der Waals surface area contributed by atoms with Crippen LogP contribution in [0.3, 0.4) is 0 Å². The van der Waals surface area contributed by atoms with Crippen molar-refractivity contribution in [2.75, 3.05) is 36.0 Å². The van der Waals surface area contributed by atoms with Gasteiger partial charge in [-0.2, -0.15) is 0 Å². The summed E-state index contributed by atoms with van der Waals surface area (Å²) in [5.74, 6) is 0.783. The summed E-state index contributed by atoms with van der Waals surface area (Å²) < 4.78 is 0. The summed E-state index contributed by atoms with van der Waals surface area (Å²) in [6.45, 7) is 7.30. The standard InChI is InChI=1S/C16H19N5O2/c1-12-11-13(2)18-16(17-12)20-9-7-19(8-10-20)14-3-5-15(6-4-14)21(22)23/h3-6,11H,7-10H2,1-2H3. The van der Waals surface area contributed by atoms with Crippen molar-refractivity contribution in [1.29, 1.82) is 0 Å². The Morgan fingerprint density at radius 2 is 1.48 bits per heavy atom. The molecule has 0 saturated carbocycles. The summed E-state index contributed by atoms with van der Waals surface area (Å²) in [5.41, 5.74) is 3.09. The van der Waals surface area contributed by atoms with Gasteiger partial charge in [-0.3, -0.25) is 10.1 Å². The molecule has 7 nitrogen and oxygen atoms in total. The van der Waals surface area contributed by atoms with E-state index in [1.807, 2.05) is 19.9 Å². The summed E-state index contributed by atoms with van der Waals surface area (Å²) in [5, 5.41) is 10.7. The highest BCUT2D eigenvalue weighted by molar-refractivity contribution is 5.52. The van der Waals surface area contributed by atoms with Gasteiger partial charge >= 0.3 is 0 Å². The van der Waals surface area contributed by atoms with Gasteiger partial charge in [0.1, 0.15) is 0 Å². The van der Waals surface area contributed by atoms with E-state index in [4.69, 9.17) is 0 Å². The molecule has 2 aromatic rings. The molecule has 1 saturated heterocycles. The zero-order valence-electron chi connectivity index (χ0n) is 13.3. The molecule has 0 amide bonds. The number of hydrogen-bond donors (Lipinski definition) is 0. The monoisotopic (exact) mass is 313 g/mol. The molecule has 0 radical (unpaired) electrons. The van der Waals surface area contributed by atoms with E-state index in [2.05, 4.69) is 19.8 Å². The van der Waals surface area contributed by atoms with E-state index in [9.17, 15) is 10.1 Å². The Hall–Kier alpha value is -2.70. The van der Waals surface area contributed by atoms with Crippen LogP contribution < -0.4 is 9.80 Å². The van der Waals surface area contributed by atoms with E-state index in [-0.39, 0.29) is 10.6 Å². The quantitative estimate of drug-likeness (QED) is 0.639. The molecule has 1 aromatic carbocycles. The SMILES string of the molecule is Cc1cc(C)nc(N2CCN(c3ccc([N+](=O)[O-])cc3)CC2)n1. The van der Waals surface area contributed by atoms with Crippen LogP contribution in [0.2, 0.25) is 0 Å². The second-order valence-corrected chi connectivity index (χ2v) is 5.70. The Labute approximate surface area is 134 Å². The number of rotatable bonds is 3. The Balaban J connectivity index is 1.67. The topological polar surface area (TPSA) is 75.4 Å². The van der Waals surface area contributed by atoms with E-state index in [1.54, 1.807) is 24.3 Å². The second-order valence-electron chi connectivity index (χ2n) is 5.70. The number of nitrogens with zero attached hydrogens (tertiary/aromatic N) is 5. The third kappa shape index (κ3) is 3.39. The van der Waals surface area contributed by atoms with Crippen LogP contribution in [0.25, 0.3) is 0 Å². The molecule has 23 heavy (non-hydrogen) atoms. The lowest BCUT2D eigenvalue weighted by Crippen LogP contribution is -2.47. The van der Waals surface area contributed by atoms with Crippen molar-refractivity contribution >= 4 is 17.3 Å². The second kappa shape index (κ2) is 6.20. The average molecular weight is 313 g/mol. The van der Waals surface area contributed by atoms with Crippen molar-refractivity contribution in [3.8, 4) is 0 Å². The predicted octanol–water partition coefficient (Wildman–Crippen LogP) is 2.33. The first-order valence-electron chi connectivity index (χ1n) is 7.59. The molecular formula is C16H19N5O2. The molecule has 0 bridgehead atoms. The lowest BCUT2D eigenvalue weighted by Gasteiger charge is -2.36. The fourth-order valence-corrected chi connectivity index (χ4v) is 2.80. The van der Waals surface area contributed by atoms with E-state index in [0.717, 1.165) is 49.2 Å². The molecule has 2 heterocycles. The highest BCUT2D eigenvalue weighted by Crippen LogP contribution is 2.21. The molecule has 3 rings (SSSR count). The van der Waals surface area contributed by atoms with Crippen molar-refractivity contribution in [3.63, 3.8) is 0 Å². The summed E-state index contributed by atoms with van der Waals surface area (Å²) >= 11 is 0. The van der Waals surface area contributed by atoms with E-state index in [1.165, 1.54) is 0 Å². The Kier molecular flexibility index (Phi) is 4.10. The molecular weight excluding hydrogens is 294 g/mol. The highest BCUT2D eigenvalue weighted by atomic mass is 16.6. The summed E-state index contributed by atoms with van der Waals surface area (Å²) in [4.78, 5) is 23.8. The maximum atomic E-state index is 10.7. The smallest absolute Gasteiger partial charge is 0.269 e. The molecule has 0 spiro atoms. The number of aromatic nitrogens is 2. The number of nitro benzene ring substituents is 1. The molecule has 1 aromatic heterocycles. The zero-order valence-corrected chi connectivity index (χ0v) is 13.3. The summed E-state index contributed by atoms with van der Waals surface area (Å²) in [6, 6.07) is 8.68. The first-order valence-corrected chi connectivity index (χ1v) is 7.59. The number of piperazine rings is 1. The largest absolute Gasteiger partial charge is 0.368 e. The predicted molar refractivity (Wildman–Crippen MR) is 89.0 cm³/mol. The average Bonchev–Trinajstić information content (AvgIpc) is 2.54. The van der Waals surface area contributed by atoms with Gasteiger partial charge in [0, 0.05) is 55.4 Å². The summed E-state index contributed by atoms with van der Waals surface area (Å²) in [6.07, 6.45) is 0. The first-order chi connectivity index (χ1) is 11.0. The molecule has 1 aliphatic rings. The van der Waals surface area contributed by atoms with Gasteiger partial charge in [0.25, 0.3) is 5.69 Å². The van der Waals surface area contributed by atoms with Crippen LogP contribution >= 0.6 is 0 Å². The normalized spacial score (nSPS) is 14.9. The van der Waals surface area contributed by atoms with Gasteiger partial charge in [-0.1, -0.05) is 0 Å². The van der Waals surface area contributed by atoms with Crippen LogP contribution in [0.5, 0.6) is 0 Å². The number of benzene rings is 1. The van der Waals surface area contributed by atoms with Gasteiger partial charge in [-0.15, -0.1) is 0 Å². The molecule has 0 aliphatic carbocycles. The molecule has 1 aliphatic heterocycles. The lowest BCUT2D eigenvalue weighted by atomic mass is 10.2. The molecule has 0 atom stereocenters. The molecule has 120 valence electrons. The van der Waals surface area contributed by atoms with Gasteiger partial charge in [-0.25, -0.2) is 9.97 Å². The van der Waals surface area contributed by atoms with Crippen molar-refractivity contribution in [2.45, 2.75) is 13.8 Å². The van der Waals surface area contributed by atoms with Gasteiger partial charge in [0.2, 0.25) is 5.95 Å². The van der Waals surface area contributed by atoms with Crippen LogP contribution in [-0.2, 0) is 0 Å². The number of hydrogen-bond acceptors (Lipinski definition) is 6. The lowest BCUT2D eigenvalue weighted by molar-refractivity contribution is -0.384. The van der Waals surface area contributed by atoms with Gasteiger partial charge in [-0.05, 0) is 32.0 Å². The van der Waals surface area contributed by atoms with Crippen molar-refractivity contribution in [2.24, 2.45) is 0 Å². The van der Waals surface area contributed by atoms with Gasteiger partial charge in [0.15, 0.2) is 0 Å². The Bertz CT molecular complexity index is 689. The Morgan fingerprint density at radius 3 is 2.00 bits per heavy atom. The highest BCUT2D eigenvalue weighted by Gasteiger charge is 2.20. The van der Waals surface area contributed by atoms with Crippen molar-refractivity contribution in [3.05, 3.63) is 51.8 Å². The zero-order chi connectivity index (χ0) is 16.4. The van der Waals surface area contributed by atoms with E-state index < -0.39 is 0 Å². The maximum Gasteiger partial charge on any atom is 0.269 e. The molecule has 7 heteroatoms. The maximum absolute atomic E-state index is 10.7. The third-order valence-electron chi connectivity index (χ3n) is 3.96. The number of non-ortho nitro benzene ring substituents is 1. The van der Waals surface area contributed by atoms with Crippen LogP contribution in [0, 0.1) is 24.0 Å². The number of nitro groups is 1. The summed E-state index contributed by atoms with van der Waals surface area (Å²) in [7, 11) is 0. The van der Waals surface area contributed by atoms with Crippen LogP contribution in [0.1, 0.15) is 11.4 Å². The molecule has 1 fully saturated rings. The molecule has 0 unspecified atom stereocenters. The van der Waals surface area contributed by atoms with Crippen LogP contribution in [0.15, 0.2) is 30.3 Å². The minimum Gasteiger partial charge on any atom is -0.368 e. The van der Waals surface area contributed by atoms with Crippen molar-refractivity contribution < 1.29 is 4.92 Å². The van der Waals surface area contributed by atoms with Crippen LogP contribution in [-0.4, -0.2) is 41.1 Å². The van der Waals surface area contributed by atoms with E-state index >= 15 is 0 Å². The Morgan fingerprint density at radius 1 is 0.957 bits per heavy atom. The third-order valence-corrected chi connectivity index (χ3v) is 3.96.